The molecule has 0 radical (unpaired) electrons. The maximum Gasteiger partial charge on any atom is 0.00888 e. The molecule has 0 fully saturated rings. The van der Waals surface area contributed by atoms with Crippen LogP contribution in [-0.4, -0.2) is 4.43 Å². The highest BCUT2D eigenvalue weighted by Gasteiger charge is 1.79. The van der Waals surface area contributed by atoms with Crippen molar-refractivity contribution >= 4 is 22.6 Å². The third kappa shape index (κ3) is 6.29. The van der Waals surface area contributed by atoms with Crippen LogP contribution in [0.15, 0.2) is 0 Å². The average Bonchev–Trinajstić information content (AvgIpc) is 1.81. The van der Waals surface area contributed by atoms with Crippen molar-refractivity contribution in [2.24, 2.45) is 0 Å². The molecule has 46 valence electrons. The summed E-state index contributed by atoms with van der Waals surface area (Å²) < 4.78 is 1.27. The van der Waals surface area contributed by atoms with Crippen LogP contribution in [0, 0.1) is 11.8 Å². The van der Waals surface area contributed by atoms with Crippen LogP contribution in [0.3, 0.4) is 0 Å². The first-order valence-corrected chi connectivity index (χ1v) is 4.40. The minimum Gasteiger partial charge on any atom is -0.107 e. The number of alkyl halides is 1. The van der Waals surface area contributed by atoms with E-state index in [0.717, 1.165) is 6.42 Å². The molecule has 0 rings (SSSR count). The zero-order chi connectivity index (χ0) is 6.24. The topological polar surface area (TPSA) is 0 Å². The summed E-state index contributed by atoms with van der Waals surface area (Å²) in [7, 11) is 0. The molecular formula is C7H11I. The van der Waals surface area contributed by atoms with Gasteiger partial charge in [-0.15, -0.1) is 11.8 Å². The van der Waals surface area contributed by atoms with E-state index in [1.54, 1.807) is 0 Å². The summed E-state index contributed by atoms with van der Waals surface area (Å²) in [6, 6.07) is 0. The molecule has 0 aromatic heterocycles. The molecule has 1 heteroatoms. The molecule has 0 aliphatic carbocycles. The SMILES string of the molecule is CC#CCCCCI. The van der Waals surface area contributed by atoms with Gasteiger partial charge in [0.15, 0.2) is 0 Å². The molecule has 0 saturated carbocycles. The summed E-state index contributed by atoms with van der Waals surface area (Å²) >= 11 is 2.39. The van der Waals surface area contributed by atoms with E-state index in [0.29, 0.717) is 0 Å². The first-order valence-electron chi connectivity index (χ1n) is 2.87. The quantitative estimate of drug-likeness (QED) is 0.298. The van der Waals surface area contributed by atoms with Gasteiger partial charge in [0.25, 0.3) is 0 Å². The lowest BCUT2D eigenvalue weighted by Gasteiger charge is -1.85. The maximum atomic E-state index is 3.03. The molecule has 0 aliphatic heterocycles. The van der Waals surface area contributed by atoms with Crippen LogP contribution in [0.2, 0.25) is 0 Å². The fourth-order valence-electron chi connectivity index (χ4n) is 0.433. The molecule has 0 heterocycles. The molecule has 0 spiro atoms. The lowest BCUT2D eigenvalue weighted by molar-refractivity contribution is 0.845. The molecule has 8 heavy (non-hydrogen) atoms. The second kappa shape index (κ2) is 7.29. The molecule has 0 bridgehead atoms. The molecule has 0 nitrogen and oxygen atoms in total. The second-order valence-electron chi connectivity index (χ2n) is 1.57. The van der Waals surface area contributed by atoms with E-state index >= 15 is 0 Å². The number of hydrogen-bond donors (Lipinski definition) is 0. The van der Waals surface area contributed by atoms with Crippen LogP contribution in [-0.2, 0) is 0 Å². The van der Waals surface area contributed by atoms with Crippen molar-refractivity contribution < 1.29 is 0 Å². The van der Waals surface area contributed by atoms with Crippen molar-refractivity contribution in [2.45, 2.75) is 26.2 Å². The van der Waals surface area contributed by atoms with Gasteiger partial charge in [0.05, 0.1) is 0 Å². The van der Waals surface area contributed by atoms with E-state index in [2.05, 4.69) is 34.4 Å². The van der Waals surface area contributed by atoms with Crippen LogP contribution in [0.4, 0.5) is 0 Å². The minimum atomic E-state index is 1.08. The Kier molecular flexibility index (Phi) is 7.55. The van der Waals surface area contributed by atoms with Gasteiger partial charge < -0.3 is 0 Å². The highest BCUT2D eigenvalue weighted by molar-refractivity contribution is 14.1. The van der Waals surface area contributed by atoms with E-state index in [9.17, 15) is 0 Å². The lowest BCUT2D eigenvalue weighted by atomic mass is 10.3. The summed E-state index contributed by atoms with van der Waals surface area (Å²) in [5, 5.41) is 0. The van der Waals surface area contributed by atoms with Gasteiger partial charge in [-0.3, -0.25) is 0 Å². The number of hydrogen-bond acceptors (Lipinski definition) is 0. The lowest BCUT2D eigenvalue weighted by Crippen LogP contribution is -1.72. The van der Waals surface area contributed by atoms with Gasteiger partial charge in [-0.25, -0.2) is 0 Å². The molecule has 0 aromatic carbocycles. The highest BCUT2D eigenvalue weighted by atomic mass is 127. The Morgan fingerprint density at radius 3 is 2.62 bits per heavy atom. The number of halogens is 1. The van der Waals surface area contributed by atoms with Crippen molar-refractivity contribution in [3.05, 3.63) is 0 Å². The molecular weight excluding hydrogens is 211 g/mol. The first-order chi connectivity index (χ1) is 3.91. The van der Waals surface area contributed by atoms with Crippen LogP contribution >= 0.6 is 22.6 Å². The summed E-state index contributed by atoms with van der Waals surface area (Å²) in [5.41, 5.74) is 0. The molecule has 0 atom stereocenters. The standard InChI is InChI=1S/C7H11I/c1-2-3-4-5-6-7-8/h4-7H2,1H3. The smallest absolute Gasteiger partial charge is 0.00888 e. The largest absolute Gasteiger partial charge is 0.107 e. The summed E-state index contributed by atoms with van der Waals surface area (Å²) in [5.74, 6) is 5.90. The van der Waals surface area contributed by atoms with E-state index in [1.165, 1.54) is 17.3 Å². The third-order valence-electron chi connectivity index (χ3n) is 0.862. The average molecular weight is 222 g/mol. The molecule has 0 aromatic rings. The van der Waals surface area contributed by atoms with Gasteiger partial charge in [0, 0.05) is 6.42 Å². The van der Waals surface area contributed by atoms with Gasteiger partial charge in [-0.1, -0.05) is 22.6 Å². The van der Waals surface area contributed by atoms with Crippen molar-refractivity contribution in [1.82, 2.24) is 0 Å². The van der Waals surface area contributed by atoms with Crippen LogP contribution in [0.1, 0.15) is 26.2 Å². The fourth-order valence-corrected chi connectivity index (χ4v) is 0.972. The van der Waals surface area contributed by atoms with Crippen molar-refractivity contribution in [1.29, 1.82) is 0 Å². The monoisotopic (exact) mass is 222 g/mol. The first kappa shape index (κ1) is 8.29. The van der Waals surface area contributed by atoms with E-state index in [4.69, 9.17) is 0 Å². The maximum absolute atomic E-state index is 3.03. The fraction of sp³-hybridized carbons (Fsp3) is 0.714. The van der Waals surface area contributed by atoms with Crippen LogP contribution in [0.5, 0.6) is 0 Å². The Balaban J connectivity index is 2.79. The summed E-state index contributed by atoms with van der Waals surface area (Å²) in [6.07, 6.45) is 3.67. The van der Waals surface area contributed by atoms with Crippen LogP contribution < -0.4 is 0 Å². The normalized spacial score (nSPS) is 7.75. The van der Waals surface area contributed by atoms with Gasteiger partial charge in [0.1, 0.15) is 0 Å². The Bertz CT molecular complexity index is 86.3. The van der Waals surface area contributed by atoms with Gasteiger partial charge in [-0.2, -0.15) is 0 Å². The van der Waals surface area contributed by atoms with Gasteiger partial charge in [0.2, 0.25) is 0 Å². The van der Waals surface area contributed by atoms with Gasteiger partial charge >= 0.3 is 0 Å². The Morgan fingerprint density at radius 1 is 1.38 bits per heavy atom. The van der Waals surface area contributed by atoms with Crippen molar-refractivity contribution in [3.63, 3.8) is 0 Å². The van der Waals surface area contributed by atoms with Crippen molar-refractivity contribution in [2.75, 3.05) is 4.43 Å². The zero-order valence-corrected chi connectivity index (χ0v) is 7.36. The van der Waals surface area contributed by atoms with Gasteiger partial charge in [-0.05, 0) is 24.2 Å². The predicted molar refractivity (Wildman–Crippen MR) is 46.2 cm³/mol. The zero-order valence-electron chi connectivity index (χ0n) is 5.21. The molecule has 0 unspecified atom stereocenters. The minimum absolute atomic E-state index is 1.08. The Hall–Kier alpha value is 0.290. The van der Waals surface area contributed by atoms with E-state index in [-0.39, 0.29) is 0 Å². The molecule has 0 aliphatic rings. The summed E-state index contributed by atoms with van der Waals surface area (Å²) in [6.45, 7) is 1.89. The molecule has 0 amide bonds. The van der Waals surface area contributed by atoms with Crippen molar-refractivity contribution in [3.8, 4) is 11.8 Å². The Morgan fingerprint density at radius 2 is 2.12 bits per heavy atom. The van der Waals surface area contributed by atoms with Crippen LogP contribution in [0.25, 0.3) is 0 Å². The predicted octanol–water partition coefficient (Wildman–Crippen LogP) is 2.62. The highest BCUT2D eigenvalue weighted by Crippen LogP contribution is 1.96. The molecule has 0 saturated heterocycles. The number of rotatable bonds is 3. The Labute approximate surface area is 65.2 Å². The van der Waals surface area contributed by atoms with E-state index < -0.39 is 0 Å². The number of unbranched alkanes of at least 4 members (excludes halogenated alkanes) is 2. The summed E-state index contributed by atoms with van der Waals surface area (Å²) in [4.78, 5) is 0. The third-order valence-corrected chi connectivity index (χ3v) is 1.62. The second-order valence-corrected chi connectivity index (χ2v) is 2.65. The molecule has 0 N–H and O–H groups in total. The van der Waals surface area contributed by atoms with E-state index in [1.807, 2.05) is 6.92 Å².